The summed E-state index contributed by atoms with van der Waals surface area (Å²) in [6.45, 7) is 13.6. The maximum Gasteiger partial charge on any atom is 0.0781 e. The predicted molar refractivity (Wildman–Crippen MR) is 91.1 cm³/mol. The van der Waals surface area contributed by atoms with Gasteiger partial charge in [-0.05, 0) is 73.2 Å². The van der Waals surface area contributed by atoms with Gasteiger partial charge < -0.3 is 5.11 Å². The fourth-order valence-electron chi connectivity index (χ4n) is 5.31. The van der Waals surface area contributed by atoms with E-state index in [0.717, 1.165) is 35.7 Å². The highest BCUT2D eigenvalue weighted by Crippen LogP contribution is 2.52. The van der Waals surface area contributed by atoms with Crippen LogP contribution in [0.15, 0.2) is 12.2 Å². The monoisotopic (exact) mass is 292 g/mol. The van der Waals surface area contributed by atoms with Gasteiger partial charge in [0, 0.05) is 0 Å². The molecule has 1 heteroatoms. The number of hydrogen-bond acceptors (Lipinski definition) is 1. The number of fused-ring (bicyclic) bond motifs is 1. The van der Waals surface area contributed by atoms with E-state index in [-0.39, 0.29) is 6.10 Å². The zero-order chi connectivity index (χ0) is 15.6. The molecule has 0 amide bonds. The lowest BCUT2D eigenvalue weighted by atomic mass is 9.55. The van der Waals surface area contributed by atoms with Crippen molar-refractivity contribution >= 4 is 0 Å². The summed E-state index contributed by atoms with van der Waals surface area (Å²) in [6.07, 6.45) is 8.75. The highest BCUT2D eigenvalue weighted by Gasteiger charge is 2.47. The fraction of sp³-hybridized carbons (Fsp3) is 0.900. The second-order valence-corrected chi connectivity index (χ2v) is 7.98. The molecule has 0 spiro atoms. The summed E-state index contributed by atoms with van der Waals surface area (Å²) < 4.78 is 0. The molecule has 0 saturated heterocycles. The van der Waals surface area contributed by atoms with Crippen molar-refractivity contribution in [2.24, 2.45) is 35.5 Å². The van der Waals surface area contributed by atoms with Crippen molar-refractivity contribution in [3.05, 3.63) is 12.2 Å². The molecule has 2 saturated carbocycles. The zero-order valence-electron chi connectivity index (χ0n) is 14.6. The van der Waals surface area contributed by atoms with Gasteiger partial charge in [0.1, 0.15) is 0 Å². The average molecular weight is 293 g/mol. The Labute approximate surface area is 132 Å². The van der Waals surface area contributed by atoms with E-state index in [9.17, 15) is 5.11 Å². The largest absolute Gasteiger partial charge is 0.388 e. The van der Waals surface area contributed by atoms with Crippen LogP contribution in [-0.4, -0.2) is 11.2 Å². The lowest BCUT2D eigenvalue weighted by Gasteiger charge is -2.51. The quantitative estimate of drug-likeness (QED) is 0.669. The second-order valence-electron chi connectivity index (χ2n) is 7.98. The Morgan fingerprint density at radius 3 is 2.48 bits per heavy atom. The van der Waals surface area contributed by atoms with Gasteiger partial charge in [-0.15, -0.1) is 0 Å². The van der Waals surface area contributed by atoms with E-state index < -0.39 is 0 Å². The summed E-state index contributed by atoms with van der Waals surface area (Å²) >= 11 is 0. The summed E-state index contributed by atoms with van der Waals surface area (Å²) in [5, 5.41) is 10.7. The van der Waals surface area contributed by atoms with Gasteiger partial charge in [-0.1, -0.05) is 47.1 Å². The molecule has 0 aromatic carbocycles. The van der Waals surface area contributed by atoms with Gasteiger partial charge in [-0.2, -0.15) is 0 Å². The first-order chi connectivity index (χ1) is 10.0. The van der Waals surface area contributed by atoms with Crippen molar-refractivity contribution in [3.63, 3.8) is 0 Å². The number of rotatable bonds is 5. The molecule has 2 aliphatic carbocycles. The van der Waals surface area contributed by atoms with Crippen molar-refractivity contribution in [2.75, 3.05) is 0 Å². The Morgan fingerprint density at radius 1 is 1.19 bits per heavy atom. The van der Waals surface area contributed by atoms with Crippen LogP contribution in [0.25, 0.3) is 0 Å². The molecule has 2 rings (SSSR count). The van der Waals surface area contributed by atoms with Gasteiger partial charge in [-0.25, -0.2) is 0 Å². The Kier molecular flexibility index (Phi) is 5.94. The fourth-order valence-corrected chi connectivity index (χ4v) is 5.31. The van der Waals surface area contributed by atoms with E-state index >= 15 is 0 Å². The third kappa shape index (κ3) is 3.38. The Balaban J connectivity index is 2.21. The Hall–Kier alpha value is -0.300. The van der Waals surface area contributed by atoms with Crippen LogP contribution in [0.1, 0.15) is 72.6 Å². The maximum atomic E-state index is 10.7. The molecule has 0 aromatic heterocycles. The molecule has 0 aromatic rings. The van der Waals surface area contributed by atoms with Crippen molar-refractivity contribution in [1.82, 2.24) is 0 Å². The van der Waals surface area contributed by atoms with Crippen LogP contribution >= 0.6 is 0 Å². The lowest BCUT2D eigenvalue weighted by molar-refractivity contribution is -0.0372. The van der Waals surface area contributed by atoms with Crippen LogP contribution in [0.4, 0.5) is 0 Å². The zero-order valence-corrected chi connectivity index (χ0v) is 14.6. The lowest BCUT2D eigenvalue weighted by Crippen LogP contribution is -2.47. The summed E-state index contributed by atoms with van der Waals surface area (Å²) in [6, 6.07) is 0. The number of aliphatic hydroxyl groups excluding tert-OH is 1. The highest BCUT2D eigenvalue weighted by molar-refractivity contribution is 5.15. The molecule has 5 unspecified atom stereocenters. The van der Waals surface area contributed by atoms with E-state index in [0.29, 0.717) is 11.8 Å². The minimum atomic E-state index is -0.231. The van der Waals surface area contributed by atoms with E-state index in [1.165, 1.54) is 38.5 Å². The first kappa shape index (κ1) is 17.1. The standard InChI is InChI=1S/C20H36O/c1-6-8-9-17-16(13(3)4)10-11-18-19(17)12-15(7-2)14(5)20(18)21/h13,15-21H,5-12H2,1-4H3/t15?,16?,17?,18?,19?,20-/m0/s1. The number of hydrogen-bond donors (Lipinski definition) is 1. The average Bonchev–Trinajstić information content (AvgIpc) is 2.47. The molecule has 2 aliphatic rings. The van der Waals surface area contributed by atoms with Gasteiger partial charge in [0.25, 0.3) is 0 Å². The molecule has 0 bridgehead atoms. The molecule has 1 N–H and O–H groups in total. The molecule has 6 atom stereocenters. The SMILES string of the molecule is C=C1C(CC)CC2C(CCCC)C(C(C)C)CCC2[C@H]1O. The topological polar surface area (TPSA) is 20.2 Å². The van der Waals surface area contributed by atoms with E-state index in [4.69, 9.17) is 0 Å². The van der Waals surface area contributed by atoms with Gasteiger partial charge in [0.2, 0.25) is 0 Å². The second kappa shape index (κ2) is 7.31. The molecule has 2 fully saturated rings. The summed E-state index contributed by atoms with van der Waals surface area (Å²) in [4.78, 5) is 0. The molecule has 0 heterocycles. The molecular formula is C20H36O. The minimum Gasteiger partial charge on any atom is -0.388 e. The Morgan fingerprint density at radius 2 is 1.90 bits per heavy atom. The highest BCUT2D eigenvalue weighted by atomic mass is 16.3. The van der Waals surface area contributed by atoms with E-state index in [1.807, 2.05) is 0 Å². The predicted octanol–water partition coefficient (Wildman–Crippen LogP) is 5.44. The molecular weight excluding hydrogens is 256 g/mol. The van der Waals surface area contributed by atoms with E-state index in [1.54, 1.807) is 0 Å². The van der Waals surface area contributed by atoms with E-state index in [2.05, 4.69) is 34.3 Å². The van der Waals surface area contributed by atoms with Crippen molar-refractivity contribution in [1.29, 1.82) is 0 Å². The summed E-state index contributed by atoms with van der Waals surface area (Å²) in [5.74, 6) is 4.28. The number of aliphatic hydroxyl groups is 1. The maximum absolute atomic E-state index is 10.7. The van der Waals surface area contributed by atoms with Gasteiger partial charge in [-0.3, -0.25) is 0 Å². The van der Waals surface area contributed by atoms with Crippen LogP contribution in [0, 0.1) is 35.5 Å². The molecule has 21 heavy (non-hydrogen) atoms. The minimum absolute atomic E-state index is 0.231. The van der Waals surface area contributed by atoms with Crippen LogP contribution in [0.5, 0.6) is 0 Å². The molecule has 0 radical (unpaired) electrons. The first-order valence-electron chi connectivity index (χ1n) is 9.37. The molecule has 122 valence electrons. The van der Waals surface area contributed by atoms with Gasteiger partial charge >= 0.3 is 0 Å². The summed E-state index contributed by atoms with van der Waals surface area (Å²) in [7, 11) is 0. The first-order valence-corrected chi connectivity index (χ1v) is 9.37. The van der Waals surface area contributed by atoms with Gasteiger partial charge in [0.15, 0.2) is 0 Å². The van der Waals surface area contributed by atoms with Crippen molar-refractivity contribution in [2.45, 2.75) is 78.7 Å². The van der Waals surface area contributed by atoms with Crippen LogP contribution in [0.3, 0.4) is 0 Å². The third-order valence-electron chi connectivity index (χ3n) is 6.59. The van der Waals surface area contributed by atoms with Crippen LogP contribution in [0.2, 0.25) is 0 Å². The van der Waals surface area contributed by atoms with Crippen molar-refractivity contribution in [3.8, 4) is 0 Å². The third-order valence-corrected chi connectivity index (χ3v) is 6.59. The summed E-state index contributed by atoms with van der Waals surface area (Å²) in [5.41, 5.74) is 1.14. The molecule has 1 nitrogen and oxygen atoms in total. The normalized spacial score (nSPS) is 40.4. The number of unbranched alkanes of at least 4 members (excludes halogenated alkanes) is 1. The smallest absolute Gasteiger partial charge is 0.0781 e. The van der Waals surface area contributed by atoms with Gasteiger partial charge in [0.05, 0.1) is 6.10 Å². The molecule has 0 aliphatic heterocycles. The van der Waals surface area contributed by atoms with Crippen molar-refractivity contribution < 1.29 is 5.11 Å². The van der Waals surface area contributed by atoms with Crippen LogP contribution < -0.4 is 0 Å². The van der Waals surface area contributed by atoms with Crippen LogP contribution in [-0.2, 0) is 0 Å². The Bertz CT molecular complexity index is 346.